The summed E-state index contributed by atoms with van der Waals surface area (Å²) in [5.41, 5.74) is 6.45. The van der Waals surface area contributed by atoms with Crippen molar-refractivity contribution in [2.45, 2.75) is 31.1 Å². The number of aryl methyl sites for hydroxylation is 1. The van der Waals surface area contributed by atoms with Gasteiger partial charge in [-0.25, -0.2) is 9.37 Å². The van der Waals surface area contributed by atoms with Gasteiger partial charge in [0.25, 0.3) is 0 Å². The van der Waals surface area contributed by atoms with Gasteiger partial charge in [-0.3, -0.25) is 4.79 Å². The van der Waals surface area contributed by atoms with Crippen LogP contribution in [-0.4, -0.2) is 17.4 Å². The molecule has 1 atom stereocenters. The molecular formula is C29H25FN2O2. The molecule has 7 rings (SSSR count). The van der Waals surface area contributed by atoms with Crippen molar-refractivity contribution >= 4 is 5.91 Å². The summed E-state index contributed by atoms with van der Waals surface area (Å²) in [4.78, 5) is 16.9. The van der Waals surface area contributed by atoms with Crippen LogP contribution in [0.25, 0.3) is 11.3 Å². The fourth-order valence-electron chi connectivity index (χ4n) is 5.69. The molecule has 3 aliphatic carbocycles. The SMILES string of the molecule is O=C(CCc1ncc(-c2ccc(F)cc2)o1)NCC1CC2c3ccccc3C1c1ccccc12. The number of nitrogens with one attached hydrogen (secondary N) is 1. The molecule has 5 heteroatoms. The zero-order valence-electron chi connectivity index (χ0n) is 18.7. The van der Waals surface area contributed by atoms with Crippen LogP contribution in [0.15, 0.2) is 83.4 Å². The Balaban J connectivity index is 1.09. The van der Waals surface area contributed by atoms with Crippen LogP contribution in [0.5, 0.6) is 0 Å². The van der Waals surface area contributed by atoms with E-state index < -0.39 is 0 Å². The molecule has 4 aromatic rings. The second-order valence-corrected chi connectivity index (χ2v) is 9.21. The Labute approximate surface area is 197 Å². The lowest BCUT2D eigenvalue weighted by atomic mass is 9.59. The molecule has 3 aromatic carbocycles. The molecule has 1 N–H and O–H groups in total. The van der Waals surface area contributed by atoms with Gasteiger partial charge in [-0.2, -0.15) is 0 Å². The minimum Gasteiger partial charge on any atom is -0.441 e. The Hall–Kier alpha value is -3.73. The Morgan fingerprint density at radius 3 is 2.26 bits per heavy atom. The van der Waals surface area contributed by atoms with Gasteiger partial charge < -0.3 is 9.73 Å². The molecule has 0 radical (unpaired) electrons. The molecule has 3 aliphatic rings. The molecule has 1 amide bonds. The number of fused-ring (bicyclic) bond motifs is 1. The standard InChI is InChI=1S/C29H25FN2O2/c30-20-11-9-18(10-12-20)26-17-32-28(34-26)14-13-27(33)31-16-19-15-25-21-5-1-3-7-23(21)29(19)24-8-4-2-6-22(24)25/h1-12,17,19,25,29H,13-16H2,(H,31,33). The van der Waals surface area contributed by atoms with Gasteiger partial charge in [-0.05, 0) is 58.9 Å². The lowest BCUT2D eigenvalue weighted by molar-refractivity contribution is -0.121. The van der Waals surface area contributed by atoms with Gasteiger partial charge in [-0.15, -0.1) is 0 Å². The van der Waals surface area contributed by atoms with Crippen LogP contribution in [0, 0.1) is 11.7 Å². The van der Waals surface area contributed by atoms with Crippen molar-refractivity contribution in [2.24, 2.45) is 5.92 Å². The van der Waals surface area contributed by atoms with E-state index in [0.717, 1.165) is 12.0 Å². The van der Waals surface area contributed by atoms with Gasteiger partial charge in [0.1, 0.15) is 5.82 Å². The lowest BCUT2D eigenvalue weighted by Gasteiger charge is -2.45. The normalized spacial score (nSPS) is 20.0. The molecule has 34 heavy (non-hydrogen) atoms. The molecule has 0 spiro atoms. The number of benzene rings is 3. The number of carbonyl (C=O) groups is 1. The van der Waals surface area contributed by atoms with Crippen LogP contribution in [0.4, 0.5) is 4.39 Å². The second-order valence-electron chi connectivity index (χ2n) is 9.21. The number of carbonyl (C=O) groups excluding carboxylic acids is 1. The number of hydrogen-bond donors (Lipinski definition) is 1. The van der Waals surface area contributed by atoms with Crippen LogP contribution >= 0.6 is 0 Å². The predicted molar refractivity (Wildman–Crippen MR) is 128 cm³/mol. The number of aromatic nitrogens is 1. The van der Waals surface area contributed by atoms with Crippen molar-refractivity contribution in [3.63, 3.8) is 0 Å². The highest BCUT2D eigenvalue weighted by Crippen LogP contribution is 2.55. The van der Waals surface area contributed by atoms with Crippen molar-refractivity contribution in [2.75, 3.05) is 6.54 Å². The molecule has 170 valence electrons. The fraction of sp³-hybridized carbons (Fsp3) is 0.241. The van der Waals surface area contributed by atoms with E-state index in [1.165, 1.54) is 34.4 Å². The molecule has 1 heterocycles. The third kappa shape index (κ3) is 3.71. The summed E-state index contributed by atoms with van der Waals surface area (Å²) in [5, 5.41) is 3.16. The van der Waals surface area contributed by atoms with E-state index in [1.807, 2.05) is 0 Å². The predicted octanol–water partition coefficient (Wildman–Crippen LogP) is 5.83. The third-order valence-electron chi connectivity index (χ3n) is 7.23. The maximum atomic E-state index is 13.1. The van der Waals surface area contributed by atoms with Gasteiger partial charge >= 0.3 is 0 Å². The summed E-state index contributed by atoms with van der Waals surface area (Å²) in [6.45, 7) is 0.662. The summed E-state index contributed by atoms with van der Waals surface area (Å²) in [6.07, 6.45) is 3.42. The van der Waals surface area contributed by atoms with E-state index in [1.54, 1.807) is 18.3 Å². The molecule has 1 unspecified atom stereocenters. The van der Waals surface area contributed by atoms with Gasteiger partial charge in [0.05, 0.1) is 6.20 Å². The third-order valence-corrected chi connectivity index (χ3v) is 7.23. The smallest absolute Gasteiger partial charge is 0.220 e. The van der Waals surface area contributed by atoms with Crippen LogP contribution in [0.3, 0.4) is 0 Å². The number of halogens is 1. The van der Waals surface area contributed by atoms with Crippen LogP contribution in [-0.2, 0) is 11.2 Å². The van der Waals surface area contributed by atoms with E-state index in [2.05, 4.69) is 58.8 Å². The van der Waals surface area contributed by atoms with Crippen molar-refractivity contribution in [3.05, 3.63) is 113 Å². The van der Waals surface area contributed by atoms with Gasteiger partial charge in [-0.1, -0.05) is 48.5 Å². The largest absolute Gasteiger partial charge is 0.441 e. The minimum atomic E-state index is -0.293. The highest BCUT2D eigenvalue weighted by atomic mass is 19.1. The summed E-state index contributed by atoms with van der Waals surface area (Å²) in [6, 6.07) is 23.6. The molecule has 0 saturated carbocycles. The van der Waals surface area contributed by atoms with Crippen LogP contribution < -0.4 is 5.32 Å². The van der Waals surface area contributed by atoms with Gasteiger partial charge in [0.15, 0.2) is 11.7 Å². The first-order valence-electron chi connectivity index (χ1n) is 11.8. The van der Waals surface area contributed by atoms with Crippen molar-refractivity contribution in [1.29, 1.82) is 0 Å². The Kier molecular flexibility index (Phi) is 5.25. The van der Waals surface area contributed by atoms with E-state index in [9.17, 15) is 9.18 Å². The highest BCUT2D eigenvalue weighted by molar-refractivity contribution is 5.76. The average molecular weight is 453 g/mol. The molecule has 1 aromatic heterocycles. The topological polar surface area (TPSA) is 55.1 Å². The van der Waals surface area contributed by atoms with Crippen molar-refractivity contribution in [3.8, 4) is 11.3 Å². The van der Waals surface area contributed by atoms with Crippen LogP contribution in [0.1, 0.15) is 52.8 Å². The first kappa shape index (κ1) is 20.8. The van der Waals surface area contributed by atoms with Gasteiger partial charge in [0, 0.05) is 36.8 Å². The lowest BCUT2D eigenvalue weighted by Crippen LogP contribution is -2.39. The van der Waals surface area contributed by atoms with E-state index in [4.69, 9.17) is 4.42 Å². The number of nitrogens with zero attached hydrogens (tertiary/aromatic N) is 1. The first-order chi connectivity index (χ1) is 16.7. The van der Waals surface area contributed by atoms with Crippen molar-refractivity contribution < 1.29 is 13.6 Å². The van der Waals surface area contributed by atoms with E-state index in [0.29, 0.717) is 48.8 Å². The van der Waals surface area contributed by atoms with E-state index in [-0.39, 0.29) is 11.7 Å². The molecular weight excluding hydrogens is 427 g/mol. The van der Waals surface area contributed by atoms with E-state index >= 15 is 0 Å². The van der Waals surface area contributed by atoms with Gasteiger partial charge in [0.2, 0.25) is 5.91 Å². The summed E-state index contributed by atoms with van der Waals surface area (Å²) in [5.74, 6) is 1.90. The summed E-state index contributed by atoms with van der Waals surface area (Å²) >= 11 is 0. The molecule has 2 bridgehead atoms. The molecule has 0 saturated heterocycles. The number of rotatable bonds is 6. The molecule has 0 fully saturated rings. The fourth-order valence-corrected chi connectivity index (χ4v) is 5.69. The quantitative estimate of drug-likeness (QED) is 0.401. The van der Waals surface area contributed by atoms with Crippen molar-refractivity contribution in [1.82, 2.24) is 10.3 Å². The zero-order chi connectivity index (χ0) is 23.1. The maximum Gasteiger partial charge on any atom is 0.220 e. The Bertz CT molecular complexity index is 1300. The maximum absolute atomic E-state index is 13.1. The monoisotopic (exact) mass is 452 g/mol. The summed E-state index contributed by atoms with van der Waals surface area (Å²) in [7, 11) is 0. The first-order valence-corrected chi connectivity index (χ1v) is 11.8. The number of amides is 1. The number of oxazole rings is 1. The number of hydrogen-bond acceptors (Lipinski definition) is 3. The molecule has 0 aliphatic heterocycles. The average Bonchev–Trinajstić information content (AvgIpc) is 3.36. The summed E-state index contributed by atoms with van der Waals surface area (Å²) < 4.78 is 18.9. The Morgan fingerprint density at radius 1 is 0.941 bits per heavy atom. The van der Waals surface area contributed by atoms with Crippen LogP contribution in [0.2, 0.25) is 0 Å². The zero-order valence-corrected chi connectivity index (χ0v) is 18.7. The Morgan fingerprint density at radius 2 is 1.59 bits per heavy atom. The molecule has 4 nitrogen and oxygen atoms in total. The minimum absolute atomic E-state index is 0.00421. The highest BCUT2D eigenvalue weighted by Gasteiger charge is 2.42. The second kappa shape index (κ2) is 8.56.